The number of hydrogen-bond acceptors (Lipinski definition) is 7. The third kappa shape index (κ3) is 3.50. The molecule has 2 aliphatic heterocycles. The standard InChI is InChI=1S/C20H16N2O5/c23-19-15(18(22-26-19)14-9-5-2-6-10-14)11-25-12-16-17(20(24)27-21-16)13-7-3-1-4-8-13/h1-10,15,17H,11-12H2. The summed E-state index contributed by atoms with van der Waals surface area (Å²) in [5.74, 6) is -2.12. The minimum absolute atomic E-state index is 0.0666. The normalized spacial score (nSPS) is 21.5. The van der Waals surface area contributed by atoms with Crippen LogP contribution >= 0.6 is 0 Å². The van der Waals surface area contributed by atoms with Crippen LogP contribution in [0.15, 0.2) is 71.0 Å². The lowest BCUT2D eigenvalue weighted by atomic mass is 9.95. The first kappa shape index (κ1) is 17.1. The number of ether oxygens (including phenoxy) is 1. The summed E-state index contributed by atoms with van der Waals surface area (Å²) >= 11 is 0. The zero-order valence-corrected chi connectivity index (χ0v) is 14.3. The average Bonchev–Trinajstić information content (AvgIpc) is 3.26. The Morgan fingerprint density at radius 3 is 2.26 bits per heavy atom. The van der Waals surface area contributed by atoms with E-state index in [0.29, 0.717) is 11.4 Å². The molecule has 136 valence electrons. The predicted octanol–water partition coefficient (Wildman–Crippen LogP) is 2.28. The maximum atomic E-state index is 12.0. The molecule has 7 nitrogen and oxygen atoms in total. The van der Waals surface area contributed by atoms with Gasteiger partial charge in [0.25, 0.3) is 0 Å². The molecule has 0 N–H and O–H groups in total. The molecule has 0 amide bonds. The highest BCUT2D eigenvalue weighted by Gasteiger charge is 2.36. The Balaban J connectivity index is 1.41. The van der Waals surface area contributed by atoms with Gasteiger partial charge in [0.05, 0.1) is 13.2 Å². The molecule has 0 spiro atoms. The number of oxime groups is 2. The van der Waals surface area contributed by atoms with Crippen LogP contribution in [0.1, 0.15) is 17.0 Å². The van der Waals surface area contributed by atoms with Gasteiger partial charge in [0.1, 0.15) is 23.3 Å². The number of nitrogens with zero attached hydrogens (tertiary/aromatic N) is 2. The fourth-order valence-electron chi connectivity index (χ4n) is 3.05. The van der Waals surface area contributed by atoms with Crippen molar-refractivity contribution >= 4 is 23.4 Å². The molecule has 0 saturated heterocycles. The second kappa shape index (κ2) is 7.51. The molecule has 0 saturated carbocycles. The highest BCUT2D eigenvalue weighted by Crippen LogP contribution is 2.25. The van der Waals surface area contributed by atoms with Crippen LogP contribution in [0.4, 0.5) is 0 Å². The molecule has 2 atom stereocenters. The molecule has 0 fully saturated rings. The molecule has 0 aromatic heterocycles. The predicted molar refractivity (Wildman–Crippen MR) is 96.1 cm³/mol. The highest BCUT2D eigenvalue weighted by molar-refractivity contribution is 6.14. The lowest BCUT2D eigenvalue weighted by Crippen LogP contribution is -2.27. The van der Waals surface area contributed by atoms with Crippen molar-refractivity contribution in [3.05, 3.63) is 71.8 Å². The van der Waals surface area contributed by atoms with Crippen molar-refractivity contribution < 1.29 is 24.0 Å². The second-order valence-corrected chi connectivity index (χ2v) is 6.16. The first-order chi connectivity index (χ1) is 13.2. The zero-order valence-electron chi connectivity index (χ0n) is 14.3. The summed E-state index contributed by atoms with van der Waals surface area (Å²) < 4.78 is 5.68. The van der Waals surface area contributed by atoms with Crippen molar-refractivity contribution in [2.75, 3.05) is 13.2 Å². The van der Waals surface area contributed by atoms with E-state index in [-0.39, 0.29) is 13.2 Å². The fraction of sp³-hybridized carbons (Fsp3) is 0.200. The summed E-state index contributed by atoms with van der Waals surface area (Å²) in [5, 5.41) is 7.70. The van der Waals surface area contributed by atoms with Gasteiger partial charge in [0, 0.05) is 5.56 Å². The van der Waals surface area contributed by atoms with E-state index in [9.17, 15) is 9.59 Å². The van der Waals surface area contributed by atoms with Crippen LogP contribution in [-0.2, 0) is 24.0 Å². The van der Waals surface area contributed by atoms with Crippen molar-refractivity contribution in [1.29, 1.82) is 0 Å². The van der Waals surface area contributed by atoms with Gasteiger partial charge >= 0.3 is 11.9 Å². The quantitative estimate of drug-likeness (QED) is 0.734. The number of benzene rings is 2. The third-order valence-electron chi connectivity index (χ3n) is 4.41. The van der Waals surface area contributed by atoms with E-state index in [1.165, 1.54) is 0 Å². The summed E-state index contributed by atoms with van der Waals surface area (Å²) in [6.07, 6.45) is 0. The zero-order chi connectivity index (χ0) is 18.6. The third-order valence-corrected chi connectivity index (χ3v) is 4.41. The monoisotopic (exact) mass is 364 g/mol. The van der Waals surface area contributed by atoms with Gasteiger partial charge in [-0.1, -0.05) is 71.0 Å². The SMILES string of the molecule is O=C1ON=C(c2ccccc2)C1COCC1=NOC(=O)C1c1ccccc1. The van der Waals surface area contributed by atoms with Crippen molar-refractivity contribution in [1.82, 2.24) is 0 Å². The van der Waals surface area contributed by atoms with E-state index in [1.807, 2.05) is 60.7 Å². The van der Waals surface area contributed by atoms with Crippen LogP contribution in [0.5, 0.6) is 0 Å². The number of rotatable bonds is 6. The minimum atomic E-state index is -0.624. The van der Waals surface area contributed by atoms with Crippen LogP contribution < -0.4 is 0 Å². The summed E-state index contributed by atoms with van der Waals surface area (Å²) in [6, 6.07) is 18.5. The topological polar surface area (TPSA) is 86.6 Å². The summed E-state index contributed by atoms with van der Waals surface area (Å²) in [4.78, 5) is 33.6. The highest BCUT2D eigenvalue weighted by atomic mass is 16.7. The molecule has 2 aliphatic rings. The summed E-state index contributed by atoms with van der Waals surface area (Å²) in [7, 11) is 0. The van der Waals surface area contributed by atoms with Gasteiger partial charge in [-0.2, -0.15) is 0 Å². The molecule has 2 aromatic carbocycles. The smallest absolute Gasteiger partial charge is 0.348 e. The fourth-order valence-corrected chi connectivity index (χ4v) is 3.05. The Morgan fingerprint density at radius 2 is 1.52 bits per heavy atom. The minimum Gasteiger partial charge on any atom is -0.374 e. The van der Waals surface area contributed by atoms with E-state index < -0.39 is 23.8 Å². The van der Waals surface area contributed by atoms with Gasteiger partial charge in [-0.15, -0.1) is 0 Å². The van der Waals surface area contributed by atoms with Gasteiger partial charge in [0.2, 0.25) is 0 Å². The molecule has 0 radical (unpaired) electrons. The van der Waals surface area contributed by atoms with Gasteiger partial charge in [-0.05, 0) is 5.56 Å². The lowest BCUT2D eigenvalue weighted by molar-refractivity contribution is -0.145. The molecule has 27 heavy (non-hydrogen) atoms. The molecule has 0 aliphatic carbocycles. The first-order valence-electron chi connectivity index (χ1n) is 8.48. The van der Waals surface area contributed by atoms with Crippen molar-refractivity contribution in [2.24, 2.45) is 16.2 Å². The molecule has 2 aromatic rings. The maximum absolute atomic E-state index is 12.0. The van der Waals surface area contributed by atoms with Crippen molar-refractivity contribution in [3.63, 3.8) is 0 Å². The largest absolute Gasteiger partial charge is 0.374 e. The molecule has 2 unspecified atom stereocenters. The maximum Gasteiger partial charge on any atom is 0.348 e. The second-order valence-electron chi connectivity index (χ2n) is 6.16. The molecular weight excluding hydrogens is 348 g/mol. The van der Waals surface area contributed by atoms with E-state index >= 15 is 0 Å². The van der Waals surface area contributed by atoms with E-state index in [2.05, 4.69) is 10.3 Å². The molecule has 4 rings (SSSR count). The van der Waals surface area contributed by atoms with Gasteiger partial charge in [-0.3, -0.25) is 0 Å². The Bertz CT molecular complexity index is 908. The van der Waals surface area contributed by atoms with Crippen molar-refractivity contribution in [2.45, 2.75) is 5.92 Å². The Morgan fingerprint density at radius 1 is 0.852 bits per heavy atom. The van der Waals surface area contributed by atoms with Crippen LogP contribution in [0.3, 0.4) is 0 Å². The molecular formula is C20H16N2O5. The van der Waals surface area contributed by atoms with Crippen molar-refractivity contribution in [3.8, 4) is 0 Å². The van der Waals surface area contributed by atoms with Crippen LogP contribution in [0.2, 0.25) is 0 Å². The molecule has 2 heterocycles. The number of carbonyl (C=O) groups is 2. The van der Waals surface area contributed by atoms with Gasteiger partial charge in [-0.25, -0.2) is 9.59 Å². The van der Waals surface area contributed by atoms with E-state index in [1.54, 1.807) is 0 Å². The Hall–Kier alpha value is -3.32. The number of carbonyl (C=O) groups excluding carboxylic acids is 2. The van der Waals surface area contributed by atoms with Crippen LogP contribution in [0.25, 0.3) is 0 Å². The van der Waals surface area contributed by atoms with Crippen LogP contribution in [0, 0.1) is 5.92 Å². The van der Waals surface area contributed by atoms with Gasteiger partial charge < -0.3 is 14.4 Å². The molecule has 7 heteroatoms. The Labute approximate surface area is 155 Å². The Kier molecular flexibility index (Phi) is 4.76. The molecule has 0 bridgehead atoms. The first-order valence-corrected chi connectivity index (χ1v) is 8.48. The van der Waals surface area contributed by atoms with Gasteiger partial charge in [0.15, 0.2) is 0 Å². The van der Waals surface area contributed by atoms with E-state index in [4.69, 9.17) is 14.4 Å². The number of hydrogen-bond donors (Lipinski definition) is 0. The van der Waals surface area contributed by atoms with Crippen LogP contribution in [-0.4, -0.2) is 36.6 Å². The van der Waals surface area contributed by atoms with E-state index in [0.717, 1.165) is 11.1 Å². The summed E-state index contributed by atoms with van der Waals surface area (Å²) in [6.45, 7) is 0.137. The average molecular weight is 364 g/mol. The summed E-state index contributed by atoms with van der Waals surface area (Å²) in [5.41, 5.74) is 2.58. The lowest BCUT2D eigenvalue weighted by Gasteiger charge is -2.12.